The summed E-state index contributed by atoms with van der Waals surface area (Å²) in [5.41, 5.74) is 2.33. The van der Waals surface area contributed by atoms with E-state index in [0.717, 1.165) is 0 Å². The maximum atomic E-state index is 4.21. The van der Waals surface area contributed by atoms with Gasteiger partial charge in [0.1, 0.15) is 8.80 Å². The fraction of sp³-hybridized carbons (Fsp3) is 0.889. The standard InChI is InChI=1S/C18H40N2Si/c1-8-14-19(15-9-2)18(7,21(12-5)13-6)20(16-10-3)17-11-4/h12,21H,5,8-11,13-17H2,1-4,6-7H3. The van der Waals surface area contributed by atoms with Crippen molar-refractivity contribution in [2.75, 3.05) is 26.2 Å². The lowest BCUT2D eigenvalue weighted by Crippen LogP contribution is -2.67. The molecule has 3 heteroatoms. The molecule has 0 aliphatic rings. The molecule has 0 saturated heterocycles. The minimum Gasteiger partial charge on any atom is -0.288 e. The first kappa shape index (κ1) is 20.9. The maximum Gasteiger partial charge on any atom is 0.101 e. The number of hydrogen-bond acceptors (Lipinski definition) is 2. The van der Waals surface area contributed by atoms with Crippen molar-refractivity contribution in [3.8, 4) is 0 Å². The van der Waals surface area contributed by atoms with Crippen molar-refractivity contribution in [2.24, 2.45) is 0 Å². The average Bonchev–Trinajstić information content (AvgIpc) is 2.47. The molecule has 0 spiro atoms. The zero-order chi connectivity index (χ0) is 16.3. The average molecular weight is 313 g/mol. The molecule has 21 heavy (non-hydrogen) atoms. The highest BCUT2D eigenvalue weighted by Crippen LogP contribution is 2.28. The largest absolute Gasteiger partial charge is 0.288 e. The molecule has 0 amide bonds. The van der Waals surface area contributed by atoms with Crippen LogP contribution in [0.25, 0.3) is 0 Å². The summed E-state index contributed by atoms with van der Waals surface area (Å²) < 4.78 is 0. The number of nitrogens with zero attached hydrogens (tertiary/aromatic N) is 2. The van der Waals surface area contributed by atoms with Gasteiger partial charge in [-0.1, -0.05) is 40.7 Å². The smallest absolute Gasteiger partial charge is 0.101 e. The molecule has 0 rings (SSSR count). The lowest BCUT2D eigenvalue weighted by atomic mass is 10.2. The summed E-state index contributed by atoms with van der Waals surface area (Å²) in [6.45, 7) is 23.2. The van der Waals surface area contributed by atoms with Gasteiger partial charge in [-0.25, -0.2) is 0 Å². The van der Waals surface area contributed by atoms with Crippen molar-refractivity contribution >= 4 is 8.80 Å². The molecule has 0 aromatic rings. The molecule has 0 aromatic heterocycles. The van der Waals surface area contributed by atoms with Crippen molar-refractivity contribution in [2.45, 2.75) is 78.6 Å². The number of rotatable bonds is 13. The van der Waals surface area contributed by atoms with E-state index in [1.165, 1.54) is 57.9 Å². The second kappa shape index (κ2) is 11.4. The summed E-state index contributed by atoms with van der Waals surface area (Å²) >= 11 is 0. The molecule has 0 aromatic carbocycles. The topological polar surface area (TPSA) is 6.48 Å². The van der Waals surface area contributed by atoms with Gasteiger partial charge in [0.05, 0.1) is 5.29 Å². The Kier molecular flexibility index (Phi) is 11.4. The van der Waals surface area contributed by atoms with Crippen LogP contribution >= 0.6 is 0 Å². The van der Waals surface area contributed by atoms with Crippen LogP contribution in [-0.2, 0) is 0 Å². The summed E-state index contributed by atoms with van der Waals surface area (Å²) in [6.07, 6.45) is 4.96. The molecule has 0 saturated carbocycles. The van der Waals surface area contributed by atoms with Crippen molar-refractivity contribution in [1.29, 1.82) is 0 Å². The minimum absolute atomic E-state index is 0.245. The van der Waals surface area contributed by atoms with E-state index in [2.05, 4.69) is 63.6 Å². The second-order valence-corrected chi connectivity index (χ2v) is 9.91. The Morgan fingerprint density at radius 1 is 0.810 bits per heavy atom. The zero-order valence-corrected chi connectivity index (χ0v) is 16.8. The van der Waals surface area contributed by atoms with Crippen LogP contribution in [0.2, 0.25) is 6.04 Å². The van der Waals surface area contributed by atoms with Gasteiger partial charge in [0.2, 0.25) is 0 Å². The lowest BCUT2D eigenvalue weighted by Gasteiger charge is -2.52. The molecule has 126 valence electrons. The van der Waals surface area contributed by atoms with Gasteiger partial charge in [-0.05, 0) is 58.8 Å². The monoisotopic (exact) mass is 312 g/mol. The predicted molar refractivity (Wildman–Crippen MR) is 101 cm³/mol. The third-order valence-electron chi connectivity index (χ3n) is 4.68. The van der Waals surface area contributed by atoms with Gasteiger partial charge in [-0.15, -0.1) is 12.3 Å². The van der Waals surface area contributed by atoms with Crippen LogP contribution in [0.15, 0.2) is 12.3 Å². The van der Waals surface area contributed by atoms with E-state index in [0.29, 0.717) is 0 Å². The quantitative estimate of drug-likeness (QED) is 0.366. The summed E-state index contributed by atoms with van der Waals surface area (Å²) in [7, 11) is -1.05. The molecule has 2 nitrogen and oxygen atoms in total. The SMILES string of the molecule is C=C[SiH](CC)C(C)(N(CCC)CCC)N(CCC)CCC. The Balaban J connectivity index is 5.61. The molecule has 1 unspecified atom stereocenters. The molecule has 0 aliphatic carbocycles. The van der Waals surface area contributed by atoms with E-state index in [9.17, 15) is 0 Å². The second-order valence-electron chi connectivity index (χ2n) is 6.32. The molecular weight excluding hydrogens is 272 g/mol. The highest BCUT2D eigenvalue weighted by atomic mass is 28.3. The van der Waals surface area contributed by atoms with Crippen molar-refractivity contribution in [3.63, 3.8) is 0 Å². The summed E-state index contributed by atoms with van der Waals surface area (Å²) in [5.74, 6) is 0. The molecule has 0 N–H and O–H groups in total. The normalized spacial score (nSPS) is 13.9. The van der Waals surface area contributed by atoms with Gasteiger partial charge >= 0.3 is 0 Å². The molecule has 0 aliphatic heterocycles. The number of hydrogen-bond donors (Lipinski definition) is 0. The zero-order valence-electron chi connectivity index (χ0n) is 15.6. The van der Waals surface area contributed by atoms with E-state index >= 15 is 0 Å². The van der Waals surface area contributed by atoms with Gasteiger partial charge in [-0.3, -0.25) is 9.80 Å². The molecule has 0 fully saturated rings. The Bertz CT molecular complexity index is 240. The van der Waals surface area contributed by atoms with Crippen LogP contribution < -0.4 is 0 Å². The van der Waals surface area contributed by atoms with Gasteiger partial charge < -0.3 is 0 Å². The summed E-state index contributed by atoms with van der Waals surface area (Å²) in [4.78, 5) is 5.56. The Labute approximate surface area is 136 Å². The maximum absolute atomic E-state index is 4.21. The minimum atomic E-state index is -1.05. The van der Waals surface area contributed by atoms with Gasteiger partial charge in [-0.2, -0.15) is 0 Å². The van der Waals surface area contributed by atoms with Crippen LogP contribution in [0.5, 0.6) is 0 Å². The van der Waals surface area contributed by atoms with Crippen molar-refractivity contribution in [1.82, 2.24) is 9.80 Å². The molecule has 0 radical (unpaired) electrons. The first-order valence-electron chi connectivity index (χ1n) is 9.19. The van der Waals surface area contributed by atoms with Crippen molar-refractivity contribution in [3.05, 3.63) is 12.3 Å². The van der Waals surface area contributed by atoms with E-state index < -0.39 is 8.80 Å². The fourth-order valence-electron chi connectivity index (χ4n) is 3.65. The molecule has 0 bridgehead atoms. The van der Waals surface area contributed by atoms with E-state index in [1.54, 1.807) is 0 Å². The Morgan fingerprint density at radius 3 is 1.33 bits per heavy atom. The molecule has 0 heterocycles. The van der Waals surface area contributed by atoms with Crippen LogP contribution in [0, 0.1) is 0 Å². The summed E-state index contributed by atoms with van der Waals surface area (Å²) in [6, 6.07) is 1.30. The highest BCUT2D eigenvalue weighted by Gasteiger charge is 2.41. The first-order valence-corrected chi connectivity index (χ1v) is 11.2. The fourth-order valence-corrected chi connectivity index (χ4v) is 6.66. The highest BCUT2D eigenvalue weighted by molar-refractivity contribution is 6.67. The summed E-state index contributed by atoms with van der Waals surface area (Å²) in [5, 5.41) is 0.245. The van der Waals surface area contributed by atoms with Gasteiger partial charge in [0.15, 0.2) is 0 Å². The van der Waals surface area contributed by atoms with Gasteiger partial charge in [0.25, 0.3) is 0 Å². The Hall–Kier alpha value is -0.123. The van der Waals surface area contributed by atoms with Crippen LogP contribution in [0.1, 0.15) is 67.2 Å². The third kappa shape index (κ3) is 5.54. The molecule has 1 atom stereocenters. The van der Waals surface area contributed by atoms with Crippen LogP contribution in [0.4, 0.5) is 0 Å². The van der Waals surface area contributed by atoms with E-state index in [1.807, 2.05) is 0 Å². The van der Waals surface area contributed by atoms with Gasteiger partial charge in [0, 0.05) is 0 Å². The predicted octanol–water partition coefficient (Wildman–Crippen LogP) is 4.46. The molecular formula is C18H40N2Si. The van der Waals surface area contributed by atoms with E-state index in [4.69, 9.17) is 0 Å². The lowest BCUT2D eigenvalue weighted by molar-refractivity contribution is 0.0126. The first-order chi connectivity index (χ1) is 10.1. The van der Waals surface area contributed by atoms with E-state index in [-0.39, 0.29) is 5.29 Å². The Morgan fingerprint density at radius 2 is 1.14 bits per heavy atom. The van der Waals surface area contributed by atoms with Crippen LogP contribution in [-0.4, -0.2) is 50.1 Å². The van der Waals surface area contributed by atoms with Crippen molar-refractivity contribution < 1.29 is 0 Å². The third-order valence-corrected chi connectivity index (χ3v) is 8.27. The van der Waals surface area contributed by atoms with Crippen LogP contribution in [0.3, 0.4) is 0 Å².